The van der Waals surface area contributed by atoms with Gasteiger partial charge in [-0.1, -0.05) is 41.6 Å². The van der Waals surface area contributed by atoms with Gasteiger partial charge in [-0.05, 0) is 37.6 Å². The fourth-order valence-corrected chi connectivity index (χ4v) is 2.72. The Balaban J connectivity index is 1.67. The molecular formula is C21H22N2O3. The van der Waals surface area contributed by atoms with Gasteiger partial charge >= 0.3 is 0 Å². The molecule has 0 spiro atoms. The van der Waals surface area contributed by atoms with Crippen LogP contribution in [0.5, 0.6) is 5.75 Å². The highest BCUT2D eigenvalue weighted by molar-refractivity contribution is 5.94. The molecule has 1 amide bonds. The van der Waals surface area contributed by atoms with Gasteiger partial charge in [0.15, 0.2) is 0 Å². The van der Waals surface area contributed by atoms with Crippen LogP contribution in [0, 0.1) is 13.8 Å². The van der Waals surface area contributed by atoms with Gasteiger partial charge < -0.3 is 14.2 Å². The van der Waals surface area contributed by atoms with Crippen molar-refractivity contribution in [1.82, 2.24) is 10.1 Å². The summed E-state index contributed by atoms with van der Waals surface area (Å²) in [5.74, 6) is 1.34. The first-order valence-corrected chi connectivity index (χ1v) is 8.48. The fraction of sp³-hybridized carbons (Fsp3) is 0.238. The highest BCUT2D eigenvalue weighted by Gasteiger charge is 2.17. The molecule has 26 heavy (non-hydrogen) atoms. The van der Waals surface area contributed by atoms with Gasteiger partial charge in [-0.2, -0.15) is 0 Å². The molecule has 1 aromatic heterocycles. The number of aromatic nitrogens is 1. The molecule has 0 saturated heterocycles. The number of aryl methyl sites for hydroxylation is 2. The van der Waals surface area contributed by atoms with E-state index in [-0.39, 0.29) is 5.91 Å². The van der Waals surface area contributed by atoms with Gasteiger partial charge in [0, 0.05) is 18.2 Å². The molecule has 5 heteroatoms. The van der Waals surface area contributed by atoms with E-state index in [0.717, 1.165) is 22.6 Å². The number of nitrogens with zero attached hydrogens (tertiary/aromatic N) is 2. The summed E-state index contributed by atoms with van der Waals surface area (Å²) in [6.45, 7) is 4.65. The van der Waals surface area contributed by atoms with Crippen molar-refractivity contribution in [3.8, 4) is 5.75 Å². The fourth-order valence-electron chi connectivity index (χ4n) is 2.72. The Bertz CT molecular complexity index is 868. The third kappa shape index (κ3) is 4.11. The average Bonchev–Trinajstić information content (AvgIpc) is 2.98. The van der Waals surface area contributed by atoms with Gasteiger partial charge in [0.1, 0.15) is 18.1 Å². The summed E-state index contributed by atoms with van der Waals surface area (Å²) in [6, 6.07) is 17.2. The van der Waals surface area contributed by atoms with Gasteiger partial charge in [0.2, 0.25) is 0 Å². The van der Waals surface area contributed by atoms with E-state index in [9.17, 15) is 4.79 Å². The predicted molar refractivity (Wildman–Crippen MR) is 99.0 cm³/mol. The number of hydrogen-bond acceptors (Lipinski definition) is 4. The zero-order valence-electron chi connectivity index (χ0n) is 15.2. The van der Waals surface area contributed by atoms with Crippen molar-refractivity contribution < 1.29 is 14.1 Å². The van der Waals surface area contributed by atoms with Crippen LogP contribution in [0.1, 0.15) is 32.9 Å². The lowest BCUT2D eigenvalue weighted by atomic mass is 10.1. The molecule has 0 unspecified atom stereocenters. The molecule has 0 aliphatic heterocycles. The first kappa shape index (κ1) is 17.7. The molecular weight excluding hydrogens is 328 g/mol. The highest BCUT2D eigenvalue weighted by Crippen LogP contribution is 2.19. The van der Waals surface area contributed by atoms with E-state index in [0.29, 0.717) is 24.5 Å². The van der Waals surface area contributed by atoms with E-state index in [1.807, 2.05) is 56.3 Å². The number of rotatable bonds is 6. The summed E-state index contributed by atoms with van der Waals surface area (Å²) in [5.41, 5.74) is 3.42. The van der Waals surface area contributed by atoms with E-state index in [2.05, 4.69) is 5.16 Å². The van der Waals surface area contributed by atoms with Crippen LogP contribution < -0.4 is 4.74 Å². The smallest absolute Gasteiger partial charge is 0.254 e. The molecule has 0 radical (unpaired) electrons. The summed E-state index contributed by atoms with van der Waals surface area (Å²) in [6.07, 6.45) is 0. The molecule has 1 heterocycles. The van der Waals surface area contributed by atoms with E-state index in [1.165, 1.54) is 0 Å². The van der Waals surface area contributed by atoms with Crippen molar-refractivity contribution in [2.24, 2.45) is 0 Å². The summed E-state index contributed by atoms with van der Waals surface area (Å²) in [4.78, 5) is 14.4. The van der Waals surface area contributed by atoms with Crippen LogP contribution >= 0.6 is 0 Å². The van der Waals surface area contributed by atoms with Crippen molar-refractivity contribution >= 4 is 5.91 Å². The molecule has 0 aliphatic rings. The molecule has 0 atom stereocenters. The van der Waals surface area contributed by atoms with Crippen molar-refractivity contribution in [3.05, 3.63) is 82.7 Å². The van der Waals surface area contributed by atoms with Crippen LogP contribution in [0.25, 0.3) is 0 Å². The Morgan fingerprint density at radius 3 is 2.58 bits per heavy atom. The molecule has 0 bridgehead atoms. The molecule has 0 fully saturated rings. The first-order chi connectivity index (χ1) is 12.5. The van der Waals surface area contributed by atoms with E-state index in [1.54, 1.807) is 24.1 Å². The van der Waals surface area contributed by atoms with Crippen molar-refractivity contribution in [3.63, 3.8) is 0 Å². The van der Waals surface area contributed by atoms with Crippen molar-refractivity contribution in [2.75, 3.05) is 7.05 Å². The number of carbonyl (C=O) groups is 1. The topological polar surface area (TPSA) is 55.6 Å². The monoisotopic (exact) mass is 350 g/mol. The number of carbonyl (C=O) groups excluding carboxylic acids is 1. The molecule has 3 aromatic rings. The minimum absolute atomic E-state index is 0.0739. The van der Waals surface area contributed by atoms with Crippen LogP contribution in [-0.4, -0.2) is 23.0 Å². The van der Waals surface area contributed by atoms with Crippen molar-refractivity contribution in [2.45, 2.75) is 27.0 Å². The van der Waals surface area contributed by atoms with Crippen LogP contribution in [0.15, 0.2) is 59.1 Å². The summed E-state index contributed by atoms with van der Waals surface area (Å²) < 4.78 is 11.0. The minimum Gasteiger partial charge on any atom is -0.489 e. The Kier molecular flexibility index (Phi) is 5.37. The summed E-state index contributed by atoms with van der Waals surface area (Å²) >= 11 is 0. The van der Waals surface area contributed by atoms with E-state index in [4.69, 9.17) is 9.26 Å². The molecule has 3 rings (SSSR count). The lowest BCUT2D eigenvalue weighted by Gasteiger charge is -2.17. The third-order valence-corrected chi connectivity index (χ3v) is 4.25. The Labute approximate surface area is 153 Å². The van der Waals surface area contributed by atoms with Gasteiger partial charge in [0.25, 0.3) is 5.91 Å². The predicted octanol–water partition coefficient (Wildman–Crippen LogP) is 4.14. The summed E-state index contributed by atoms with van der Waals surface area (Å²) in [5, 5.41) is 3.94. The molecule has 134 valence electrons. The molecule has 0 N–H and O–H groups in total. The standard InChI is InChI=1S/C21H22N2O3/c1-15-20(16(2)26-22-15)13-23(3)21(24)18-10-7-11-19(12-18)25-14-17-8-5-4-6-9-17/h4-12H,13-14H2,1-3H3. The maximum Gasteiger partial charge on any atom is 0.254 e. The molecule has 0 saturated carbocycles. The lowest BCUT2D eigenvalue weighted by molar-refractivity contribution is 0.0784. The van der Waals surface area contributed by atoms with E-state index >= 15 is 0 Å². The second kappa shape index (κ2) is 7.87. The van der Waals surface area contributed by atoms with Gasteiger partial charge in [-0.3, -0.25) is 4.79 Å². The van der Waals surface area contributed by atoms with Gasteiger partial charge in [-0.25, -0.2) is 0 Å². The average molecular weight is 350 g/mol. The van der Waals surface area contributed by atoms with E-state index < -0.39 is 0 Å². The maximum absolute atomic E-state index is 12.7. The zero-order chi connectivity index (χ0) is 18.5. The largest absolute Gasteiger partial charge is 0.489 e. The first-order valence-electron chi connectivity index (χ1n) is 8.48. The Morgan fingerprint density at radius 2 is 1.88 bits per heavy atom. The van der Waals surface area contributed by atoms with Gasteiger partial charge in [-0.15, -0.1) is 0 Å². The lowest BCUT2D eigenvalue weighted by Crippen LogP contribution is -2.26. The number of benzene rings is 2. The third-order valence-electron chi connectivity index (χ3n) is 4.25. The highest BCUT2D eigenvalue weighted by atomic mass is 16.5. The second-order valence-corrected chi connectivity index (χ2v) is 6.27. The Hall–Kier alpha value is -3.08. The molecule has 5 nitrogen and oxygen atoms in total. The van der Waals surface area contributed by atoms with Crippen LogP contribution in [0.4, 0.5) is 0 Å². The summed E-state index contributed by atoms with van der Waals surface area (Å²) in [7, 11) is 1.77. The second-order valence-electron chi connectivity index (χ2n) is 6.27. The Morgan fingerprint density at radius 1 is 1.12 bits per heavy atom. The molecule has 2 aromatic carbocycles. The maximum atomic E-state index is 12.7. The SMILES string of the molecule is Cc1noc(C)c1CN(C)C(=O)c1cccc(OCc2ccccc2)c1. The number of hydrogen-bond donors (Lipinski definition) is 0. The number of amides is 1. The van der Waals surface area contributed by atoms with Crippen LogP contribution in [-0.2, 0) is 13.2 Å². The van der Waals surface area contributed by atoms with Crippen molar-refractivity contribution in [1.29, 1.82) is 0 Å². The minimum atomic E-state index is -0.0739. The molecule has 0 aliphatic carbocycles. The van der Waals surface area contributed by atoms with Gasteiger partial charge in [0.05, 0.1) is 12.2 Å². The van der Waals surface area contributed by atoms with Crippen LogP contribution in [0.2, 0.25) is 0 Å². The normalized spacial score (nSPS) is 10.6. The zero-order valence-corrected chi connectivity index (χ0v) is 15.2. The van der Waals surface area contributed by atoms with Crippen LogP contribution in [0.3, 0.4) is 0 Å². The number of ether oxygens (including phenoxy) is 1. The quantitative estimate of drug-likeness (QED) is 0.670.